The number of ether oxygens (including phenoxy) is 3. The van der Waals surface area contributed by atoms with E-state index in [0.29, 0.717) is 0 Å². The number of carbonyl (C=O) groups excluding carboxylic acids is 2. The highest BCUT2D eigenvalue weighted by atomic mass is 35.5. The van der Waals surface area contributed by atoms with Gasteiger partial charge >= 0.3 is 5.97 Å². The number of anilines is 1. The van der Waals surface area contributed by atoms with Crippen LogP contribution < -0.4 is 10.1 Å². The number of amides is 1. The first-order chi connectivity index (χ1) is 15.2. The Hall–Kier alpha value is -2.73. The van der Waals surface area contributed by atoms with Gasteiger partial charge in [0.2, 0.25) is 10.0 Å². The minimum absolute atomic E-state index is 0.109. The molecule has 12 heteroatoms. The van der Waals surface area contributed by atoms with Gasteiger partial charge in [-0.05, 0) is 36.4 Å². The first-order valence-corrected chi connectivity index (χ1v) is 11.2. The summed E-state index contributed by atoms with van der Waals surface area (Å²) in [6, 6.07) is 7.45. The van der Waals surface area contributed by atoms with E-state index in [4.69, 9.17) is 25.8 Å². The zero-order chi connectivity index (χ0) is 23.3. The van der Waals surface area contributed by atoms with Crippen molar-refractivity contribution in [1.29, 1.82) is 0 Å². The Bertz CT molecular complexity index is 1120. The number of hydrogen-bond acceptors (Lipinski definition) is 7. The van der Waals surface area contributed by atoms with Gasteiger partial charge in [0.05, 0.1) is 25.9 Å². The van der Waals surface area contributed by atoms with Gasteiger partial charge in [-0.15, -0.1) is 0 Å². The van der Waals surface area contributed by atoms with Crippen molar-refractivity contribution in [3.63, 3.8) is 0 Å². The summed E-state index contributed by atoms with van der Waals surface area (Å²) in [6.45, 7) is 0.214. The van der Waals surface area contributed by atoms with E-state index in [1.807, 2.05) is 0 Å². The Balaban J connectivity index is 1.70. The molecule has 1 fully saturated rings. The molecule has 1 saturated heterocycles. The summed E-state index contributed by atoms with van der Waals surface area (Å²) in [5.74, 6) is -2.54. The number of carbonyl (C=O) groups is 2. The van der Waals surface area contributed by atoms with Crippen LogP contribution in [0.4, 0.5) is 10.1 Å². The van der Waals surface area contributed by atoms with Crippen LogP contribution in [0.5, 0.6) is 5.75 Å². The second-order valence-corrected chi connectivity index (χ2v) is 8.97. The van der Waals surface area contributed by atoms with Crippen LogP contribution >= 0.6 is 11.6 Å². The zero-order valence-corrected chi connectivity index (χ0v) is 18.5. The molecule has 0 saturated carbocycles. The van der Waals surface area contributed by atoms with E-state index in [2.05, 4.69) is 5.32 Å². The van der Waals surface area contributed by atoms with Crippen LogP contribution in [-0.4, -0.2) is 64.6 Å². The van der Waals surface area contributed by atoms with Crippen LogP contribution in [0.1, 0.15) is 10.4 Å². The Kier molecular flexibility index (Phi) is 7.67. The summed E-state index contributed by atoms with van der Waals surface area (Å²) >= 11 is 5.74. The van der Waals surface area contributed by atoms with Crippen LogP contribution in [0, 0.1) is 5.82 Å². The van der Waals surface area contributed by atoms with Crippen LogP contribution in [0.3, 0.4) is 0 Å². The third-order valence-electron chi connectivity index (χ3n) is 4.52. The maximum absolute atomic E-state index is 13.7. The van der Waals surface area contributed by atoms with Gasteiger partial charge in [-0.1, -0.05) is 11.6 Å². The summed E-state index contributed by atoms with van der Waals surface area (Å²) in [5.41, 5.74) is -0.263. The molecule has 172 valence electrons. The second kappa shape index (κ2) is 10.3. The Labute approximate surface area is 189 Å². The Morgan fingerprint density at radius 2 is 1.91 bits per heavy atom. The number of esters is 1. The van der Waals surface area contributed by atoms with E-state index in [-0.39, 0.29) is 47.7 Å². The van der Waals surface area contributed by atoms with Crippen molar-refractivity contribution in [2.24, 2.45) is 0 Å². The van der Waals surface area contributed by atoms with E-state index in [0.717, 1.165) is 12.1 Å². The normalized spacial score (nSPS) is 14.6. The van der Waals surface area contributed by atoms with Gasteiger partial charge in [0.1, 0.15) is 16.5 Å². The highest BCUT2D eigenvalue weighted by Gasteiger charge is 2.29. The van der Waals surface area contributed by atoms with Crippen LogP contribution in [-0.2, 0) is 24.3 Å². The number of benzene rings is 2. The van der Waals surface area contributed by atoms with E-state index >= 15 is 0 Å². The number of morpholine rings is 1. The van der Waals surface area contributed by atoms with Crippen molar-refractivity contribution < 1.29 is 36.6 Å². The first-order valence-electron chi connectivity index (χ1n) is 9.40. The lowest BCUT2D eigenvalue weighted by Gasteiger charge is -2.26. The van der Waals surface area contributed by atoms with Crippen molar-refractivity contribution in [1.82, 2.24) is 4.31 Å². The average Bonchev–Trinajstić information content (AvgIpc) is 2.79. The molecule has 0 atom stereocenters. The fourth-order valence-electron chi connectivity index (χ4n) is 2.94. The van der Waals surface area contributed by atoms with Crippen LogP contribution in [0.2, 0.25) is 5.02 Å². The molecule has 1 heterocycles. The largest absolute Gasteiger partial charge is 0.495 e. The molecule has 32 heavy (non-hydrogen) atoms. The minimum atomic E-state index is -3.90. The number of nitrogens with zero attached hydrogens (tertiary/aromatic N) is 1. The zero-order valence-electron chi connectivity index (χ0n) is 17.0. The van der Waals surface area contributed by atoms with E-state index in [1.165, 1.54) is 35.7 Å². The second-order valence-electron chi connectivity index (χ2n) is 6.63. The molecule has 0 aromatic heterocycles. The Morgan fingerprint density at radius 3 is 2.59 bits per heavy atom. The smallest absolute Gasteiger partial charge is 0.341 e. The summed E-state index contributed by atoms with van der Waals surface area (Å²) in [7, 11) is -2.56. The quantitative estimate of drug-likeness (QED) is 0.598. The molecule has 0 aliphatic carbocycles. The fourth-order valence-corrected chi connectivity index (χ4v) is 4.70. The Morgan fingerprint density at radius 1 is 1.19 bits per heavy atom. The summed E-state index contributed by atoms with van der Waals surface area (Å²) in [5, 5.41) is 2.58. The number of sulfonamides is 1. The standard InChI is InChI=1S/C20H20ClFN2O7S/c1-29-17-5-3-14(11-18(17)32(27,28)24-6-8-30-9-7-24)23-19(25)12-31-20(26)15-10-13(21)2-4-16(15)22/h2-5,10-11H,6-9,12H2,1H3,(H,23,25). The van der Waals surface area contributed by atoms with E-state index in [9.17, 15) is 22.4 Å². The lowest BCUT2D eigenvalue weighted by molar-refractivity contribution is -0.119. The van der Waals surface area contributed by atoms with Crippen molar-refractivity contribution in [2.75, 3.05) is 45.3 Å². The number of hydrogen-bond donors (Lipinski definition) is 1. The summed E-state index contributed by atoms with van der Waals surface area (Å²) in [6.07, 6.45) is 0. The number of rotatable bonds is 7. The molecule has 3 rings (SSSR count). The summed E-state index contributed by atoms with van der Waals surface area (Å²) < 4.78 is 56.2. The van der Waals surface area contributed by atoms with Gasteiger partial charge in [-0.2, -0.15) is 4.31 Å². The van der Waals surface area contributed by atoms with Gasteiger partial charge in [0, 0.05) is 23.8 Å². The van der Waals surface area contributed by atoms with Crippen molar-refractivity contribution in [2.45, 2.75) is 4.90 Å². The number of methoxy groups -OCH3 is 1. The molecule has 0 unspecified atom stereocenters. The van der Waals surface area contributed by atoms with E-state index in [1.54, 1.807) is 0 Å². The topological polar surface area (TPSA) is 111 Å². The molecule has 1 aliphatic rings. The molecule has 1 aliphatic heterocycles. The molecule has 1 N–H and O–H groups in total. The lowest BCUT2D eigenvalue weighted by atomic mass is 10.2. The van der Waals surface area contributed by atoms with Crippen LogP contribution in [0.25, 0.3) is 0 Å². The van der Waals surface area contributed by atoms with Gasteiger partial charge in [0.25, 0.3) is 5.91 Å². The molecular formula is C20H20ClFN2O7S. The van der Waals surface area contributed by atoms with Gasteiger partial charge in [0.15, 0.2) is 6.61 Å². The van der Waals surface area contributed by atoms with Crippen molar-refractivity contribution in [3.05, 3.63) is 52.8 Å². The molecular weight excluding hydrogens is 467 g/mol. The van der Waals surface area contributed by atoms with Crippen molar-refractivity contribution in [3.8, 4) is 5.75 Å². The third kappa shape index (κ3) is 5.54. The molecule has 1 amide bonds. The molecule has 0 radical (unpaired) electrons. The first kappa shape index (κ1) is 23.9. The fraction of sp³-hybridized carbons (Fsp3) is 0.300. The average molecular weight is 487 g/mol. The number of nitrogens with one attached hydrogen (secondary N) is 1. The highest BCUT2D eigenvalue weighted by molar-refractivity contribution is 7.89. The molecule has 9 nitrogen and oxygen atoms in total. The maximum atomic E-state index is 13.7. The van der Waals surface area contributed by atoms with Gasteiger partial charge in [-0.3, -0.25) is 4.79 Å². The predicted octanol–water partition coefficient (Wildman–Crippen LogP) is 2.30. The molecule has 2 aromatic carbocycles. The maximum Gasteiger partial charge on any atom is 0.341 e. The summed E-state index contributed by atoms with van der Waals surface area (Å²) in [4.78, 5) is 24.1. The van der Waals surface area contributed by atoms with E-state index < -0.39 is 39.9 Å². The molecule has 2 aromatic rings. The monoisotopic (exact) mass is 486 g/mol. The van der Waals surface area contributed by atoms with Crippen LogP contribution in [0.15, 0.2) is 41.3 Å². The molecule has 0 spiro atoms. The lowest BCUT2D eigenvalue weighted by Crippen LogP contribution is -2.40. The van der Waals surface area contributed by atoms with Gasteiger partial charge in [-0.25, -0.2) is 17.6 Å². The molecule has 0 bridgehead atoms. The SMILES string of the molecule is COc1ccc(NC(=O)COC(=O)c2cc(Cl)ccc2F)cc1S(=O)(=O)N1CCOCC1. The minimum Gasteiger partial charge on any atom is -0.495 e. The van der Waals surface area contributed by atoms with Crippen molar-refractivity contribution >= 4 is 39.2 Å². The number of halogens is 2. The predicted molar refractivity (Wildman–Crippen MR) is 113 cm³/mol. The highest BCUT2D eigenvalue weighted by Crippen LogP contribution is 2.30. The third-order valence-corrected chi connectivity index (χ3v) is 6.67. The van der Waals surface area contributed by atoms with Gasteiger partial charge < -0.3 is 19.5 Å².